The second-order valence-corrected chi connectivity index (χ2v) is 6.57. The summed E-state index contributed by atoms with van der Waals surface area (Å²) in [6.07, 6.45) is -2.85. The summed E-state index contributed by atoms with van der Waals surface area (Å²) in [7, 11) is 0. The van der Waals surface area contributed by atoms with Gasteiger partial charge in [0.25, 0.3) is 0 Å². The van der Waals surface area contributed by atoms with E-state index in [0.29, 0.717) is 6.42 Å². The second-order valence-electron chi connectivity index (χ2n) is 6.57. The quantitative estimate of drug-likeness (QED) is 0.613. The first-order valence-electron chi connectivity index (χ1n) is 8.28. The van der Waals surface area contributed by atoms with E-state index in [1.807, 2.05) is 0 Å². The Bertz CT molecular complexity index is 688. The maximum absolute atomic E-state index is 12.7. The van der Waals surface area contributed by atoms with E-state index in [0.717, 1.165) is 12.1 Å². The zero-order valence-electron chi connectivity index (χ0n) is 13.7. The van der Waals surface area contributed by atoms with Crippen molar-refractivity contribution >= 4 is 5.97 Å². The third kappa shape index (κ3) is 4.19. The summed E-state index contributed by atoms with van der Waals surface area (Å²) in [6, 6.07) is 4.40. The minimum absolute atomic E-state index is 0.00281. The Kier molecular flexibility index (Phi) is 5.24. The van der Waals surface area contributed by atoms with Gasteiger partial charge in [-0.05, 0) is 18.2 Å². The fraction of sp³-hybridized carbons (Fsp3) is 0.500. The normalized spacial score (nSPS) is 29.7. The number of carbonyl (C=O) groups excluding carboxylic acids is 1. The summed E-state index contributed by atoms with van der Waals surface area (Å²) < 4.78 is 48.3. The first-order chi connectivity index (χ1) is 12.2. The molecule has 5 atom stereocenters. The Morgan fingerprint density at radius 3 is 2.88 bits per heavy atom. The van der Waals surface area contributed by atoms with Crippen LogP contribution in [0.4, 0.5) is 13.2 Å². The molecule has 2 aliphatic rings. The van der Waals surface area contributed by atoms with Crippen LogP contribution in [0, 0.1) is 11.8 Å². The van der Waals surface area contributed by atoms with Crippen molar-refractivity contribution in [2.45, 2.75) is 37.3 Å². The molecule has 0 bridgehead atoms. The fourth-order valence-corrected chi connectivity index (χ4v) is 3.44. The standard InChI is InChI=1S/C18H19F3O5/c19-18(20,21)10-2-1-3-12(6-10)25-9-11(22)4-5-13-14-7-17(24)26-16(14)8-15(13)23/h1-6,11,13-16,22-23H,7-9H2/b5-4+/t11?,13-,14-,15?,16?/m1/s1. The lowest BCUT2D eigenvalue weighted by molar-refractivity contribution is -0.142. The molecule has 2 fully saturated rings. The SMILES string of the molecule is O=C1C[C@H]2C(CC(O)[C@@H]2/C=C/C(O)COc2cccc(C(F)(F)F)c2)O1. The van der Waals surface area contributed by atoms with Gasteiger partial charge in [-0.15, -0.1) is 0 Å². The van der Waals surface area contributed by atoms with Crippen LogP contribution in [-0.2, 0) is 15.7 Å². The van der Waals surface area contributed by atoms with Crippen LogP contribution in [0.2, 0.25) is 0 Å². The van der Waals surface area contributed by atoms with E-state index >= 15 is 0 Å². The smallest absolute Gasteiger partial charge is 0.416 e. The van der Waals surface area contributed by atoms with Crippen LogP contribution in [-0.4, -0.2) is 41.1 Å². The molecule has 0 radical (unpaired) electrons. The van der Waals surface area contributed by atoms with E-state index in [-0.39, 0.29) is 42.7 Å². The van der Waals surface area contributed by atoms with Crippen LogP contribution >= 0.6 is 0 Å². The highest BCUT2D eigenvalue weighted by atomic mass is 19.4. The topological polar surface area (TPSA) is 76.0 Å². The summed E-state index contributed by atoms with van der Waals surface area (Å²) in [6.45, 7) is -0.232. The van der Waals surface area contributed by atoms with E-state index in [4.69, 9.17) is 9.47 Å². The Balaban J connectivity index is 1.55. The molecule has 8 heteroatoms. The molecule has 0 amide bonds. The molecule has 26 heavy (non-hydrogen) atoms. The number of benzene rings is 1. The lowest BCUT2D eigenvalue weighted by Gasteiger charge is -2.16. The molecular formula is C18H19F3O5. The molecule has 142 valence electrons. The minimum atomic E-state index is -4.46. The number of hydrogen-bond donors (Lipinski definition) is 2. The number of aliphatic hydroxyl groups excluding tert-OH is 2. The van der Waals surface area contributed by atoms with Crippen molar-refractivity contribution < 1.29 is 37.7 Å². The summed E-state index contributed by atoms with van der Waals surface area (Å²) >= 11 is 0. The molecule has 1 saturated carbocycles. The average Bonchev–Trinajstić information content (AvgIpc) is 3.05. The lowest BCUT2D eigenvalue weighted by Crippen LogP contribution is -2.20. The molecule has 1 heterocycles. The molecular weight excluding hydrogens is 353 g/mol. The highest BCUT2D eigenvalue weighted by molar-refractivity contribution is 5.72. The minimum Gasteiger partial charge on any atom is -0.491 e. The van der Waals surface area contributed by atoms with Gasteiger partial charge in [0.05, 0.1) is 18.1 Å². The van der Waals surface area contributed by atoms with Gasteiger partial charge in [-0.2, -0.15) is 13.2 Å². The number of hydrogen-bond acceptors (Lipinski definition) is 5. The van der Waals surface area contributed by atoms with Crippen molar-refractivity contribution in [1.29, 1.82) is 0 Å². The number of halogens is 3. The predicted octanol–water partition coefficient (Wildman–Crippen LogP) is 2.31. The van der Waals surface area contributed by atoms with Crippen molar-refractivity contribution in [3.63, 3.8) is 0 Å². The highest BCUT2D eigenvalue weighted by Gasteiger charge is 2.48. The van der Waals surface area contributed by atoms with Crippen LogP contribution in [0.5, 0.6) is 5.75 Å². The molecule has 1 aliphatic carbocycles. The largest absolute Gasteiger partial charge is 0.491 e. The average molecular weight is 372 g/mol. The van der Waals surface area contributed by atoms with E-state index in [1.165, 1.54) is 18.2 Å². The number of carbonyl (C=O) groups is 1. The molecule has 1 aliphatic heterocycles. The van der Waals surface area contributed by atoms with Gasteiger partial charge in [0.1, 0.15) is 24.6 Å². The van der Waals surface area contributed by atoms with Gasteiger partial charge in [0.2, 0.25) is 0 Å². The van der Waals surface area contributed by atoms with Crippen LogP contribution in [0.15, 0.2) is 36.4 Å². The maximum Gasteiger partial charge on any atom is 0.416 e. The van der Waals surface area contributed by atoms with Gasteiger partial charge >= 0.3 is 12.1 Å². The summed E-state index contributed by atoms with van der Waals surface area (Å²) in [5.74, 6) is -0.721. The molecule has 0 spiro atoms. The molecule has 0 aromatic heterocycles. The van der Waals surface area contributed by atoms with Crippen LogP contribution in [0.25, 0.3) is 0 Å². The molecule has 5 nitrogen and oxygen atoms in total. The summed E-state index contributed by atoms with van der Waals surface area (Å²) in [5.41, 5.74) is -0.828. The van der Waals surface area contributed by atoms with Crippen LogP contribution < -0.4 is 4.74 Å². The molecule has 2 N–H and O–H groups in total. The van der Waals surface area contributed by atoms with Crippen molar-refractivity contribution in [3.05, 3.63) is 42.0 Å². The number of fused-ring (bicyclic) bond motifs is 1. The van der Waals surface area contributed by atoms with Gasteiger partial charge in [-0.3, -0.25) is 4.79 Å². The predicted molar refractivity (Wildman–Crippen MR) is 84.2 cm³/mol. The van der Waals surface area contributed by atoms with Crippen molar-refractivity contribution in [2.24, 2.45) is 11.8 Å². The third-order valence-corrected chi connectivity index (χ3v) is 4.71. The first kappa shape index (κ1) is 18.7. The Morgan fingerprint density at radius 1 is 1.38 bits per heavy atom. The number of aliphatic hydroxyl groups is 2. The molecule has 3 rings (SSSR count). The van der Waals surface area contributed by atoms with Crippen LogP contribution in [0.3, 0.4) is 0 Å². The van der Waals surface area contributed by atoms with Crippen molar-refractivity contribution in [3.8, 4) is 5.75 Å². The third-order valence-electron chi connectivity index (χ3n) is 4.71. The van der Waals surface area contributed by atoms with Gasteiger partial charge in [-0.1, -0.05) is 18.2 Å². The first-order valence-corrected chi connectivity index (χ1v) is 8.28. The second kappa shape index (κ2) is 7.28. The number of esters is 1. The number of ether oxygens (including phenoxy) is 2. The van der Waals surface area contributed by atoms with Crippen molar-refractivity contribution in [2.75, 3.05) is 6.61 Å². The zero-order valence-corrected chi connectivity index (χ0v) is 13.7. The molecule has 1 aromatic carbocycles. The van der Waals surface area contributed by atoms with E-state index in [1.54, 1.807) is 6.08 Å². The molecule has 3 unspecified atom stereocenters. The summed E-state index contributed by atoms with van der Waals surface area (Å²) in [4.78, 5) is 11.3. The number of rotatable bonds is 5. The van der Waals surface area contributed by atoms with E-state index in [9.17, 15) is 28.2 Å². The van der Waals surface area contributed by atoms with Gasteiger partial charge in [-0.25, -0.2) is 0 Å². The fourth-order valence-electron chi connectivity index (χ4n) is 3.44. The lowest BCUT2D eigenvalue weighted by atomic mass is 9.91. The Hall–Kier alpha value is -2.06. The van der Waals surface area contributed by atoms with Gasteiger partial charge in [0, 0.05) is 18.3 Å². The van der Waals surface area contributed by atoms with Crippen LogP contribution in [0.1, 0.15) is 18.4 Å². The number of alkyl halides is 3. The van der Waals surface area contributed by atoms with Gasteiger partial charge < -0.3 is 19.7 Å². The monoisotopic (exact) mass is 372 g/mol. The summed E-state index contributed by atoms with van der Waals surface area (Å²) in [5, 5.41) is 20.0. The molecule has 1 aromatic rings. The highest BCUT2D eigenvalue weighted by Crippen LogP contribution is 2.42. The molecule has 1 saturated heterocycles. The van der Waals surface area contributed by atoms with Gasteiger partial charge in [0.15, 0.2) is 0 Å². The zero-order chi connectivity index (χ0) is 18.9. The Labute approximate surface area is 148 Å². The maximum atomic E-state index is 12.7. The van der Waals surface area contributed by atoms with E-state index < -0.39 is 23.9 Å². The van der Waals surface area contributed by atoms with E-state index in [2.05, 4.69) is 0 Å². The Morgan fingerprint density at radius 2 is 2.15 bits per heavy atom. The van der Waals surface area contributed by atoms with Crippen molar-refractivity contribution in [1.82, 2.24) is 0 Å².